The van der Waals surface area contributed by atoms with E-state index in [0.717, 1.165) is 24.7 Å². The summed E-state index contributed by atoms with van der Waals surface area (Å²) in [6.07, 6.45) is 13.2. The van der Waals surface area contributed by atoms with Crippen LogP contribution in [0.5, 0.6) is 0 Å². The minimum Gasteiger partial charge on any atom is -0.173 e. The molecule has 0 unspecified atom stereocenters. The van der Waals surface area contributed by atoms with E-state index < -0.39 is 6.08 Å². The third-order valence-electron chi connectivity index (χ3n) is 7.74. The fourth-order valence-electron chi connectivity index (χ4n) is 6.00. The summed E-state index contributed by atoms with van der Waals surface area (Å²) < 4.78 is 25.2. The summed E-state index contributed by atoms with van der Waals surface area (Å²) >= 11 is 0. The molecule has 1 aromatic rings. The van der Waals surface area contributed by atoms with E-state index in [1.165, 1.54) is 62.5 Å². The molecule has 3 fully saturated rings. The minimum atomic E-state index is -1.42. The zero-order valence-corrected chi connectivity index (χ0v) is 16.8. The molecule has 0 aromatic heterocycles. The first-order valence-corrected chi connectivity index (χ1v) is 11.2. The maximum Gasteiger partial charge on any atom is 0.269 e. The van der Waals surface area contributed by atoms with Crippen molar-refractivity contribution in [3.05, 3.63) is 47.0 Å². The van der Waals surface area contributed by atoms with Crippen LogP contribution in [0.25, 0.3) is 0 Å². The number of rotatable bonds is 6. The van der Waals surface area contributed by atoms with E-state index in [2.05, 4.69) is 31.2 Å². The molecule has 148 valence electrons. The summed E-state index contributed by atoms with van der Waals surface area (Å²) in [7, 11) is 0. The number of hydrogen-bond acceptors (Lipinski definition) is 0. The number of unbranched alkanes of at least 4 members (excludes halogenated alkanes) is 2. The molecule has 0 saturated heterocycles. The van der Waals surface area contributed by atoms with Gasteiger partial charge in [-0.05, 0) is 91.2 Å². The van der Waals surface area contributed by atoms with Gasteiger partial charge in [0.25, 0.3) is 6.08 Å². The highest BCUT2D eigenvalue weighted by Gasteiger charge is 2.52. The molecule has 1 aromatic carbocycles. The second-order valence-electron chi connectivity index (χ2n) is 9.70. The van der Waals surface area contributed by atoms with E-state index in [0.29, 0.717) is 24.3 Å². The van der Waals surface area contributed by atoms with Crippen LogP contribution in [-0.2, 0) is 0 Å². The van der Waals surface area contributed by atoms with Crippen molar-refractivity contribution in [1.29, 1.82) is 0 Å². The van der Waals surface area contributed by atoms with Crippen molar-refractivity contribution in [3.63, 3.8) is 0 Å². The molecule has 0 amide bonds. The molecule has 0 radical (unpaired) electrons. The van der Waals surface area contributed by atoms with Crippen LogP contribution in [0.15, 0.2) is 35.9 Å². The summed E-state index contributed by atoms with van der Waals surface area (Å²) in [4.78, 5) is 0. The molecule has 0 N–H and O–H groups in total. The van der Waals surface area contributed by atoms with Crippen LogP contribution in [0.1, 0.15) is 107 Å². The molecule has 0 bridgehead atoms. The second kappa shape index (κ2) is 8.05. The first kappa shape index (κ1) is 19.2. The fraction of sp³-hybridized carbons (Fsp3) is 0.680. The van der Waals surface area contributed by atoms with Gasteiger partial charge in [0.2, 0.25) is 0 Å². The maximum atomic E-state index is 12.6. The lowest BCUT2D eigenvalue weighted by Gasteiger charge is -2.55. The maximum absolute atomic E-state index is 12.6. The molecule has 27 heavy (non-hydrogen) atoms. The van der Waals surface area contributed by atoms with Gasteiger partial charge in [-0.15, -0.1) is 0 Å². The Kier molecular flexibility index (Phi) is 5.71. The van der Waals surface area contributed by atoms with Gasteiger partial charge in [-0.25, -0.2) is 0 Å². The quantitative estimate of drug-likeness (QED) is 0.440. The summed E-state index contributed by atoms with van der Waals surface area (Å²) in [5.74, 6) is 2.31. The van der Waals surface area contributed by atoms with E-state index in [1.807, 2.05) is 0 Å². The normalized spacial score (nSPS) is 32.9. The second-order valence-corrected chi connectivity index (χ2v) is 9.70. The van der Waals surface area contributed by atoms with Gasteiger partial charge in [0, 0.05) is 0 Å². The van der Waals surface area contributed by atoms with Gasteiger partial charge in [-0.3, -0.25) is 0 Å². The van der Waals surface area contributed by atoms with E-state index in [9.17, 15) is 8.78 Å². The van der Waals surface area contributed by atoms with E-state index in [4.69, 9.17) is 0 Å². The van der Waals surface area contributed by atoms with E-state index >= 15 is 0 Å². The number of benzene rings is 1. The molecule has 0 heterocycles. The predicted molar refractivity (Wildman–Crippen MR) is 108 cm³/mol. The highest BCUT2D eigenvalue weighted by molar-refractivity contribution is 5.33. The average molecular weight is 373 g/mol. The molecular formula is C25H34F2. The van der Waals surface area contributed by atoms with Crippen LogP contribution < -0.4 is 0 Å². The molecule has 1 spiro atoms. The van der Waals surface area contributed by atoms with Gasteiger partial charge in [0.05, 0.1) is 0 Å². The molecule has 3 aliphatic carbocycles. The third-order valence-corrected chi connectivity index (χ3v) is 7.74. The molecule has 4 rings (SSSR count). The Morgan fingerprint density at radius 2 is 1.48 bits per heavy atom. The Morgan fingerprint density at radius 1 is 0.889 bits per heavy atom. The zero-order valence-electron chi connectivity index (χ0n) is 16.8. The third kappa shape index (κ3) is 4.15. The van der Waals surface area contributed by atoms with Gasteiger partial charge in [-0.1, -0.05) is 56.9 Å². The summed E-state index contributed by atoms with van der Waals surface area (Å²) in [5.41, 5.74) is 3.58. The largest absolute Gasteiger partial charge is 0.269 e. The molecule has 3 saturated carbocycles. The molecule has 0 nitrogen and oxygen atoms in total. The van der Waals surface area contributed by atoms with Crippen LogP contribution in [0.2, 0.25) is 0 Å². The van der Waals surface area contributed by atoms with Crippen molar-refractivity contribution in [3.8, 4) is 0 Å². The van der Waals surface area contributed by atoms with Crippen molar-refractivity contribution in [2.45, 2.75) is 95.8 Å². The molecule has 2 heteroatoms. The predicted octanol–water partition coefficient (Wildman–Crippen LogP) is 8.35. The van der Waals surface area contributed by atoms with Gasteiger partial charge in [0.1, 0.15) is 0 Å². The highest BCUT2D eigenvalue weighted by atomic mass is 19.3. The van der Waals surface area contributed by atoms with Gasteiger partial charge >= 0.3 is 0 Å². The zero-order chi connectivity index (χ0) is 18.9. The van der Waals surface area contributed by atoms with Gasteiger partial charge in [0.15, 0.2) is 0 Å². The highest BCUT2D eigenvalue weighted by Crippen LogP contribution is 2.64. The van der Waals surface area contributed by atoms with E-state index in [-0.39, 0.29) is 5.41 Å². The number of allylic oxidation sites excluding steroid dienone is 1. The standard InChI is InChI=1S/C25H34F2/c1-2-3-4-5-18-6-8-19(9-7-18)20-10-12-21(13-11-20)22-14-25(15-22)16-23(17-25)24(26)27/h10-13,18-19,22H,2-9,14-17H2,1H3. The SMILES string of the molecule is CCCCCC1CCC(c2ccc(C3CC4(CC(=C(F)F)C4)C3)cc2)CC1. The monoisotopic (exact) mass is 372 g/mol. The Bertz CT molecular complexity index is 644. The van der Waals surface area contributed by atoms with Crippen LogP contribution in [0, 0.1) is 11.3 Å². The van der Waals surface area contributed by atoms with Crippen LogP contribution >= 0.6 is 0 Å². The number of hydrogen-bond donors (Lipinski definition) is 0. The minimum absolute atomic E-state index is 0.220. The Balaban J connectivity index is 1.24. The van der Waals surface area contributed by atoms with Crippen molar-refractivity contribution in [2.75, 3.05) is 0 Å². The summed E-state index contributed by atoms with van der Waals surface area (Å²) in [6.45, 7) is 2.29. The molecule has 0 aliphatic heterocycles. The van der Waals surface area contributed by atoms with Crippen molar-refractivity contribution >= 4 is 0 Å². The van der Waals surface area contributed by atoms with Crippen molar-refractivity contribution in [1.82, 2.24) is 0 Å². The Morgan fingerprint density at radius 3 is 2.04 bits per heavy atom. The first-order chi connectivity index (χ1) is 13.1. The lowest BCUT2D eigenvalue weighted by atomic mass is 9.49. The van der Waals surface area contributed by atoms with Crippen LogP contribution in [-0.4, -0.2) is 0 Å². The van der Waals surface area contributed by atoms with Crippen molar-refractivity contribution in [2.24, 2.45) is 11.3 Å². The lowest BCUT2D eigenvalue weighted by Crippen LogP contribution is -2.43. The summed E-state index contributed by atoms with van der Waals surface area (Å²) in [5, 5.41) is 0. The lowest BCUT2D eigenvalue weighted by molar-refractivity contribution is 0.0474. The molecular weight excluding hydrogens is 338 g/mol. The molecule has 3 aliphatic rings. The van der Waals surface area contributed by atoms with Crippen LogP contribution in [0.3, 0.4) is 0 Å². The number of halogens is 2. The summed E-state index contributed by atoms with van der Waals surface area (Å²) in [6, 6.07) is 9.36. The van der Waals surface area contributed by atoms with Gasteiger partial charge < -0.3 is 0 Å². The first-order valence-electron chi connectivity index (χ1n) is 11.2. The Labute approximate surface area is 163 Å². The Hall–Kier alpha value is -1.18. The van der Waals surface area contributed by atoms with Crippen molar-refractivity contribution < 1.29 is 8.78 Å². The fourth-order valence-corrected chi connectivity index (χ4v) is 6.00. The smallest absolute Gasteiger partial charge is 0.173 e. The van der Waals surface area contributed by atoms with Crippen LogP contribution in [0.4, 0.5) is 8.78 Å². The average Bonchev–Trinajstić information content (AvgIpc) is 2.60. The van der Waals surface area contributed by atoms with E-state index in [1.54, 1.807) is 0 Å². The molecule has 0 atom stereocenters. The topological polar surface area (TPSA) is 0 Å². The van der Waals surface area contributed by atoms with Gasteiger partial charge in [-0.2, -0.15) is 8.78 Å².